The van der Waals surface area contributed by atoms with Gasteiger partial charge in [-0.3, -0.25) is 9.59 Å². The Labute approximate surface area is 255 Å². The molecule has 1 atom stereocenters. The van der Waals surface area contributed by atoms with Crippen LogP contribution >= 0.6 is 0 Å². The fourth-order valence-corrected chi connectivity index (χ4v) is 6.18. The molecule has 1 fully saturated rings. The zero-order valence-electron chi connectivity index (χ0n) is 23.8. The summed E-state index contributed by atoms with van der Waals surface area (Å²) in [4.78, 5) is 28.9. The van der Waals surface area contributed by atoms with E-state index in [9.17, 15) is 22.4 Å². The summed E-state index contributed by atoms with van der Waals surface area (Å²) < 4.78 is 57.3. The van der Waals surface area contributed by atoms with Crippen LogP contribution in [0.1, 0.15) is 22.9 Å². The number of hydrogen-bond donors (Lipinski definition) is 1. The SMILES string of the molecule is O=C(NCc1ccco1)[C@@H](c1ccccc1)N(Cc1ccc(F)cc1)C(=O)COc1ccc(S(=O)(=O)N2CCOCC2)cc1. The molecule has 44 heavy (non-hydrogen) atoms. The number of rotatable bonds is 12. The highest BCUT2D eigenvalue weighted by atomic mass is 32.2. The second kappa shape index (κ2) is 14.3. The van der Waals surface area contributed by atoms with E-state index in [0.717, 1.165) is 0 Å². The Balaban J connectivity index is 1.36. The Bertz CT molecular complexity index is 1630. The van der Waals surface area contributed by atoms with Gasteiger partial charge in [0.25, 0.3) is 5.91 Å². The number of morpholine rings is 1. The molecule has 10 nitrogen and oxygen atoms in total. The Morgan fingerprint density at radius 1 is 0.932 bits per heavy atom. The summed E-state index contributed by atoms with van der Waals surface area (Å²) in [6.45, 7) is 0.888. The first-order valence-corrected chi connectivity index (χ1v) is 15.4. The highest BCUT2D eigenvalue weighted by molar-refractivity contribution is 7.89. The summed E-state index contributed by atoms with van der Waals surface area (Å²) in [7, 11) is -3.69. The summed E-state index contributed by atoms with van der Waals surface area (Å²) >= 11 is 0. The fourth-order valence-electron chi connectivity index (χ4n) is 4.77. The molecular formula is C32H32FN3O7S. The molecule has 1 saturated heterocycles. The number of halogens is 1. The second-order valence-electron chi connectivity index (χ2n) is 10.0. The van der Waals surface area contributed by atoms with Crippen LogP contribution in [0.2, 0.25) is 0 Å². The van der Waals surface area contributed by atoms with E-state index >= 15 is 0 Å². The first-order valence-electron chi connectivity index (χ1n) is 14.0. The molecule has 0 spiro atoms. The molecule has 0 unspecified atom stereocenters. The van der Waals surface area contributed by atoms with E-state index in [-0.39, 0.29) is 36.8 Å². The average molecular weight is 622 g/mol. The van der Waals surface area contributed by atoms with E-state index in [1.54, 1.807) is 54.6 Å². The lowest BCUT2D eigenvalue weighted by atomic mass is 10.0. The van der Waals surface area contributed by atoms with Gasteiger partial charge in [0.1, 0.15) is 23.4 Å². The predicted molar refractivity (Wildman–Crippen MR) is 158 cm³/mol. The smallest absolute Gasteiger partial charge is 0.261 e. The quantitative estimate of drug-likeness (QED) is 0.255. The first-order chi connectivity index (χ1) is 21.3. The first kappa shape index (κ1) is 30.9. The van der Waals surface area contributed by atoms with Crippen LogP contribution in [0.3, 0.4) is 0 Å². The zero-order valence-corrected chi connectivity index (χ0v) is 24.6. The Morgan fingerprint density at radius 2 is 1.64 bits per heavy atom. The van der Waals surface area contributed by atoms with E-state index < -0.39 is 40.3 Å². The monoisotopic (exact) mass is 621 g/mol. The number of ether oxygens (including phenoxy) is 2. The molecule has 2 amide bonds. The Kier molecular flexibility index (Phi) is 10.1. The van der Waals surface area contributed by atoms with Gasteiger partial charge >= 0.3 is 0 Å². The van der Waals surface area contributed by atoms with Crippen molar-refractivity contribution in [1.29, 1.82) is 0 Å². The van der Waals surface area contributed by atoms with Crippen LogP contribution in [0, 0.1) is 5.82 Å². The van der Waals surface area contributed by atoms with Crippen molar-refractivity contribution in [2.75, 3.05) is 32.9 Å². The average Bonchev–Trinajstić information content (AvgIpc) is 3.58. The van der Waals surface area contributed by atoms with Gasteiger partial charge in [-0.1, -0.05) is 42.5 Å². The summed E-state index contributed by atoms with van der Waals surface area (Å²) in [6.07, 6.45) is 1.50. The van der Waals surface area contributed by atoms with Gasteiger partial charge in [-0.2, -0.15) is 4.31 Å². The van der Waals surface area contributed by atoms with Crippen LogP contribution in [0.25, 0.3) is 0 Å². The molecule has 1 N–H and O–H groups in total. The minimum absolute atomic E-state index is 0.00701. The Morgan fingerprint density at radius 3 is 2.30 bits per heavy atom. The van der Waals surface area contributed by atoms with Crippen molar-refractivity contribution in [2.45, 2.75) is 24.0 Å². The van der Waals surface area contributed by atoms with Crippen LogP contribution in [0.4, 0.5) is 4.39 Å². The van der Waals surface area contributed by atoms with Crippen molar-refractivity contribution in [2.24, 2.45) is 0 Å². The molecule has 0 saturated carbocycles. The molecule has 0 bridgehead atoms. The van der Waals surface area contributed by atoms with Gasteiger partial charge in [0.2, 0.25) is 15.9 Å². The summed E-state index contributed by atoms with van der Waals surface area (Å²) in [5.41, 5.74) is 1.18. The lowest BCUT2D eigenvalue weighted by molar-refractivity contribution is -0.143. The van der Waals surface area contributed by atoms with E-state index in [0.29, 0.717) is 30.1 Å². The standard InChI is InChI=1S/C32H32FN3O7S/c33-26-10-8-24(9-11-26)22-36(31(25-5-2-1-3-6-25)32(38)34-21-28-7-4-18-42-28)30(37)23-43-27-12-14-29(15-13-27)44(39,40)35-16-19-41-20-17-35/h1-15,18,31H,16-17,19-23H2,(H,34,38)/t31-/m1/s1. The van der Waals surface area contributed by atoms with Crippen molar-refractivity contribution in [3.05, 3.63) is 120 Å². The molecule has 12 heteroatoms. The lowest BCUT2D eigenvalue weighted by Crippen LogP contribution is -2.45. The maximum atomic E-state index is 13.8. The number of furan rings is 1. The number of hydrogen-bond acceptors (Lipinski definition) is 7. The van der Waals surface area contributed by atoms with Gasteiger partial charge in [-0.05, 0) is 59.7 Å². The molecular weight excluding hydrogens is 589 g/mol. The van der Waals surface area contributed by atoms with Gasteiger partial charge in [0.15, 0.2) is 6.61 Å². The summed E-state index contributed by atoms with van der Waals surface area (Å²) in [6, 6.07) is 22.7. The second-order valence-corrected chi connectivity index (χ2v) is 12.0. The molecule has 1 aliphatic heterocycles. The van der Waals surface area contributed by atoms with E-state index in [1.807, 2.05) is 0 Å². The molecule has 1 aliphatic rings. The van der Waals surface area contributed by atoms with Crippen LogP contribution in [-0.4, -0.2) is 62.3 Å². The molecule has 0 aliphatic carbocycles. The van der Waals surface area contributed by atoms with E-state index in [4.69, 9.17) is 13.9 Å². The summed E-state index contributed by atoms with van der Waals surface area (Å²) in [5.74, 6) is -0.560. The van der Waals surface area contributed by atoms with Crippen molar-refractivity contribution in [3.63, 3.8) is 0 Å². The fraction of sp³-hybridized carbons (Fsp3) is 0.250. The maximum Gasteiger partial charge on any atom is 0.261 e. The molecule has 230 valence electrons. The van der Waals surface area contributed by atoms with Crippen molar-refractivity contribution < 1.29 is 36.3 Å². The van der Waals surface area contributed by atoms with Crippen LogP contribution in [0.15, 0.2) is 107 Å². The number of nitrogens with zero attached hydrogens (tertiary/aromatic N) is 2. The third kappa shape index (κ3) is 7.70. The molecule has 1 aromatic heterocycles. The van der Waals surface area contributed by atoms with Gasteiger partial charge in [0.05, 0.1) is 30.9 Å². The number of benzene rings is 3. The largest absolute Gasteiger partial charge is 0.484 e. The van der Waals surface area contributed by atoms with Crippen LogP contribution in [-0.2, 0) is 37.4 Å². The topological polar surface area (TPSA) is 118 Å². The zero-order chi connectivity index (χ0) is 30.9. The van der Waals surface area contributed by atoms with Crippen molar-refractivity contribution in [1.82, 2.24) is 14.5 Å². The summed E-state index contributed by atoms with van der Waals surface area (Å²) in [5, 5.41) is 2.84. The van der Waals surface area contributed by atoms with Gasteiger partial charge in [-0.15, -0.1) is 0 Å². The normalized spacial score (nSPS) is 14.5. The molecule has 3 aromatic carbocycles. The molecule has 4 aromatic rings. The minimum Gasteiger partial charge on any atom is -0.484 e. The number of amides is 2. The number of carbonyl (C=O) groups excluding carboxylic acids is 2. The highest BCUT2D eigenvalue weighted by Gasteiger charge is 2.32. The number of carbonyl (C=O) groups is 2. The molecule has 0 radical (unpaired) electrons. The maximum absolute atomic E-state index is 13.8. The number of sulfonamides is 1. The molecule has 2 heterocycles. The lowest BCUT2D eigenvalue weighted by Gasteiger charge is -2.31. The molecule has 5 rings (SSSR count). The van der Waals surface area contributed by atoms with E-state index in [2.05, 4.69) is 5.32 Å². The van der Waals surface area contributed by atoms with Crippen LogP contribution in [0.5, 0.6) is 5.75 Å². The third-order valence-corrected chi connectivity index (χ3v) is 8.99. The minimum atomic E-state index is -3.69. The van der Waals surface area contributed by atoms with Gasteiger partial charge in [-0.25, -0.2) is 12.8 Å². The van der Waals surface area contributed by atoms with E-state index in [1.165, 1.54) is 51.9 Å². The third-order valence-electron chi connectivity index (χ3n) is 7.07. The van der Waals surface area contributed by atoms with Crippen molar-refractivity contribution in [3.8, 4) is 5.75 Å². The highest BCUT2D eigenvalue weighted by Crippen LogP contribution is 2.26. The van der Waals surface area contributed by atoms with Crippen molar-refractivity contribution >= 4 is 21.8 Å². The van der Waals surface area contributed by atoms with Gasteiger partial charge in [0, 0.05) is 19.6 Å². The Hall–Kier alpha value is -4.52. The van der Waals surface area contributed by atoms with Gasteiger partial charge < -0.3 is 24.1 Å². The number of nitrogens with one attached hydrogen (secondary N) is 1. The van der Waals surface area contributed by atoms with Crippen LogP contribution < -0.4 is 10.1 Å². The predicted octanol–water partition coefficient (Wildman–Crippen LogP) is 3.90.